The van der Waals surface area contributed by atoms with Crippen LogP contribution in [0.3, 0.4) is 0 Å². The third kappa shape index (κ3) is 8.29. The van der Waals surface area contributed by atoms with Crippen LogP contribution in [0.1, 0.15) is 16.7 Å². The van der Waals surface area contributed by atoms with Crippen LogP contribution in [-0.4, -0.2) is 100 Å². The fraction of sp³-hybridized carbons (Fsp3) is 0.517. The van der Waals surface area contributed by atoms with Gasteiger partial charge in [-0.3, -0.25) is 9.59 Å². The third-order valence-electron chi connectivity index (χ3n) is 7.61. The maximum Gasteiger partial charge on any atom is 0.416 e. The summed E-state index contributed by atoms with van der Waals surface area (Å²) in [5.41, 5.74) is 1.36. The van der Waals surface area contributed by atoms with Crippen LogP contribution in [0.5, 0.6) is 0 Å². The smallest absolute Gasteiger partial charge is 0.383 e. The first-order valence-corrected chi connectivity index (χ1v) is 14.7. The van der Waals surface area contributed by atoms with Gasteiger partial charge in [-0.05, 0) is 54.4 Å². The van der Waals surface area contributed by atoms with Gasteiger partial charge in [0.25, 0.3) is 0 Å². The van der Waals surface area contributed by atoms with Crippen LogP contribution in [0.2, 0.25) is 10.0 Å². The van der Waals surface area contributed by atoms with Crippen molar-refractivity contribution in [2.24, 2.45) is 0 Å². The highest BCUT2D eigenvalue weighted by molar-refractivity contribution is 6.35. The van der Waals surface area contributed by atoms with Gasteiger partial charge in [-0.15, -0.1) is 0 Å². The topological polar surface area (TPSA) is 77.2 Å². The number of rotatable bonds is 11. The molecule has 0 aromatic heterocycles. The summed E-state index contributed by atoms with van der Waals surface area (Å²) in [6, 6.07) is 8.21. The summed E-state index contributed by atoms with van der Waals surface area (Å²) in [7, 11) is 1.59. The second kappa shape index (κ2) is 14.7. The molecule has 2 aromatic rings. The Bertz CT molecular complexity index is 1240. The van der Waals surface area contributed by atoms with E-state index < -0.39 is 17.8 Å². The maximum atomic E-state index is 13.9. The Morgan fingerprint density at radius 2 is 1.81 bits per heavy atom. The number of carbonyl (C=O) groups excluding carboxylic acids is 2. The SMILES string of the molecule is COCCNCCc1cc(C(F)(F)F)ccc1N1CCN(C(=O)[C@@H](Cc2ccc(Cl)cc2Cl)N2CCNCC2=O)CC1. The van der Waals surface area contributed by atoms with Crippen molar-refractivity contribution in [1.29, 1.82) is 0 Å². The van der Waals surface area contributed by atoms with E-state index in [0.717, 1.165) is 17.3 Å². The zero-order chi connectivity index (χ0) is 30.3. The maximum absolute atomic E-state index is 13.9. The van der Waals surface area contributed by atoms with Crippen LogP contribution >= 0.6 is 23.2 Å². The van der Waals surface area contributed by atoms with Crippen LogP contribution in [0, 0.1) is 0 Å². The lowest BCUT2D eigenvalue weighted by Crippen LogP contribution is -2.60. The fourth-order valence-electron chi connectivity index (χ4n) is 5.35. The number of nitrogens with one attached hydrogen (secondary N) is 2. The lowest BCUT2D eigenvalue weighted by molar-refractivity contribution is -0.146. The molecule has 2 N–H and O–H groups in total. The molecule has 0 spiro atoms. The largest absolute Gasteiger partial charge is 0.416 e. The number of carbonyl (C=O) groups is 2. The molecule has 0 saturated carbocycles. The molecule has 2 aliphatic rings. The Morgan fingerprint density at radius 3 is 2.48 bits per heavy atom. The van der Waals surface area contributed by atoms with Crippen LogP contribution in [-0.2, 0) is 33.3 Å². The molecule has 13 heteroatoms. The molecule has 0 aliphatic carbocycles. The molecule has 0 bridgehead atoms. The van der Waals surface area contributed by atoms with Crippen molar-refractivity contribution in [3.8, 4) is 0 Å². The van der Waals surface area contributed by atoms with E-state index in [4.69, 9.17) is 27.9 Å². The summed E-state index contributed by atoms with van der Waals surface area (Å²) in [5.74, 6) is -0.331. The molecule has 2 heterocycles. The molecule has 2 fully saturated rings. The molecule has 2 aliphatic heterocycles. The van der Waals surface area contributed by atoms with Crippen LogP contribution in [0.25, 0.3) is 0 Å². The number of hydrogen-bond acceptors (Lipinski definition) is 6. The van der Waals surface area contributed by atoms with Crippen molar-refractivity contribution in [3.05, 3.63) is 63.1 Å². The summed E-state index contributed by atoms with van der Waals surface area (Å²) in [6.07, 6.45) is -3.78. The van der Waals surface area contributed by atoms with Gasteiger partial charge in [-0.25, -0.2) is 0 Å². The van der Waals surface area contributed by atoms with Crippen molar-refractivity contribution >= 4 is 40.7 Å². The number of amides is 2. The molecule has 2 saturated heterocycles. The number of ether oxygens (including phenoxy) is 1. The Hall–Kier alpha value is -2.57. The zero-order valence-electron chi connectivity index (χ0n) is 23.5. The molecular weight excluding hydrogens is 594 g/mol. The van der Waals surface area contributed by atoms with Gasteiger partial charge in [-0.2, -0.15) is 13.2 Å². The third-order valence-corrected chi connectivity index (χ3v) is 8.20. The molecule has 4 rings (SSSR count). The number of benzene rings is 2. The van der Waals surface area contributed by atoms with Gasteiger partial charge in [-0.1, -0.05) is 29.3 Å². The summed E-state index contributed by atoms with van der Waals surface area (Å²) < 4.78 is 45.5. The Kier molecular flexibility index (Phi) is 11.4. The number of hydrogen-bond donors (Lipinski definition) is 2. The van der Waals surface area contributed by atoms with Crippen LogP contribution in [0.4, 0.5) is 18.9 Å². The predicted molar refractivity (Wildman–Crippen MR) is 157 cm³/mol. The minimum Gasteiger partial charge on any atom is -0.383 e. The van der Waals surface area contributed by atoms with E-state index in [1.54, 1.807) is 35.1 Å². The number of anilines is 1. The van der Waals surface area contributed by atoms with Gasteiger partial charge in [0.1, 0.15) is 6.04 Å². The monoisotopic (exact) mass is 629 g/mol. The molecule has 2 aromatic carbocycles. The van der Waals surface area contributed by atoms with E-state index in [-0.39, 0.29) is 24.8 Å². The lowest BCUT2D eigenvalue weighted by atomic mass is 10.0. The summed E-state index contributed by atoms with van der Waals surface area (Å²) in [6.45, 7) is 4.39. The second-order valence-corrected chi connectivity index (χ2v) is 11.2. The van der Waals surface area contributed by atoms with Crippen molar-refractivity contribution < 1.29 is 27.5 Å². The van der Waals surface area contributed by atoms with Gasteiger partial charge in [0, 0.05) is 75.1 Å². The van der Waals surface area contributed by atoms with Crippen LogP contribution < -0.4 is 15.5 Å². The van der Waals surface area contributed by atoms with Gasteiger partial charge >= 0.3 is 6.18 Å². The summed E-state index contributed by atoms with van der Waals surface area (Å²) in [4.78, 5) is 32.1. The number of alkyl halides is 3. The minimum absolute atomic E-state index is 0.156. The average molecular weight is 631 g/mol. The van der Waals surface area contributed by atoms with Gasteiger partial charge in [0.15, 0.2) is 0 Å². The molecule has 0 unspecified atom stereocenters. The molecule has 0 radical (unpaired) electrons. The van der Waals surface area contributed by atoms with Gasteiger partial charge < -0.3 is 30.1 Å². The molecule has 1 atom stereocenters. The highest BCUT2D eigenvalue weighted by Gasteiger charge is 2.36. The molecule has 8 nitrogen and oxygen atoms in total. The van der Waals surface area contributed by atoms with Crippen molar-refractivity contribution in [2.75, 3.05) is 77.5 Å². The molecule has 42 heavy (non-hydrogen) atoms. The Labute approximate surface area is 254 Å². The van der Waals surface area contributed by atoms with Crippen molar-refractivity contribution in [2.45, 2.75) is 25.1 Å². The quantitative estimate of drug-likeness (QED) is 0.371. The first-order valence-electron chi connectivity index (χ1n) is 14.0. The highest BCUT2D eigenvalue weighted by atomic mass is 35.5. The zero-order valence-corrected chi connectivity index (χ0v) is 25.0. The summed E-state index contributed by atoms with van der Waals surface area (Å²) in [5, 5.41) is 7.14. The van der Waals surface area contributed by atoms with Gasteiger partial charge in [0.2, 0.25) is 11.8 Å². The summed E-state index contributed by atoms with van der Waals surface area (Å²) >= 11 is 12.5. The molecule has 230 valence electrons. The Balaban J connectivity index is 1.48. The Morgan fingerprint density at radius 1 is 1.05 bits per heavy atom. The standard InChI is InChI=1S/C29H36Cl2F3N5O3/c1-42-15-9-35-7-6-21-16-22(29(32,33)34)3-5-25(21)37-11-13-38(14-12-37)28(41)26(39-10-8-36-19-27(39)40)17-20-2-4-23(30)18-24(20)31/h2-5,16,18,26,35-36H,6-15,17,19H2,1H3/t26-/m1/s1. The minimum atomic E-state index is -4.44. The average Bonchev–Trinajstić information content (AvgIpc) is 2.96. The number of methoxy groups -OCH3 is 1. The van der Waals surface area contributed by atoms with E-state index in [1.165, 1.54) is 12.1 Å². The predicted octanol–water partition coefficient (Wildman–Crippen LogP) is 3.48. The van der Waals surface area contributed by atoms with E-state index in [0.29, 0.717) is 81.0 Å². The fourth-order valence-corrected chi connectivity index (χ4v) is 5.83. The van der Waals surface area contributed by atoms with Crippen LogP contribution in [0.15, 0.2) is 36.4 Å². The molecular formula is C29H36Cl2F3N5O3. The van der Waals surface area contributed by atoms with Gasteiger partial charge in [0.05, 0.1) is 18.7 Å². The number of nitrogens with zero attached hydrogens (tertiary/aromatic N) is 3. The highest BCUT2D eigenvalue weighted by Crippen LogP contribution is 2.34. The van der Waals surface area contributed by atoms with E-state index in [2.05, 4.69) is 10.6 Å². The normalized spacial score (nSPS) is 17.1. The number of halogens is 5. The first-order chi connectivity index (χ1) is 20.1. The van der Waals surface area contributed by atoms with Crippen molar-refractivity contribution in [3.63, 3.8) is 0 Å². The second-order valence-electron chi connectivity index (χ2n) is 10.4. The van der Waals surface area contributed by atoms with E-state index in [9.17, 15) is 22.8 Å². The first kappa shape index (κ1) is 32.3. The number of piperazine rings is 2. The lowest BCUT2D eigenvalue weighted by Gasteiger charge is -2.41. The molecule has 2 amide bonds. The van der Waals surface area contributed by atoms with E-state index in [1.807, 2.05) is 4.90 Å². The van der Waals surface area contributed by atoms with E-state index >= 15 is 0 Å². The van der Waals surface area contributed by atoms with Crippen molar-refractivity contribution in [1.82, 2.24) is 20.4 Å².